The molecule has 1 fully saturated rings. The van der Waals surface area contributed by atoms with E-state index in [1.807, 2.05) is 18.2 Å². The fourth-order valence-corrected chi connectivity index (χ4v) is 4.42. The predicted octanol–water partition coefficient (Wildman–Crippen LogP) is 3.60. The number of nitrogens with one attached hydrogen (secondary N) is 1. The molecule has 1 saturated heterocycles. The number of rotatable bonds is 3. The summed E-state index contributed by atoms with van der Waals surface area (Å²) in [6.07, 6.45) is 1.98. The lowest BCUT2D eigenvalue weighted by molar-refractivity contribution is 0.577. The van der Waals surface area contributed by atoms with Gasteiger partial charge in [-0.05, 0) is 54.4 Å². The van der Waals surface area contributed by atoms with E-state index in [0.717, 1.165) is 30.2 Å². The van der Waals surface area contributed by atoms with Gasteiger partial charge in [0.1, 0.15) is 0 Å². The third-order valence-corrected chi connectivity index (χ3v) is 5.76. The molecule has 114 valence electrons. The maximum absolute atomic E-state index is 12.4. The minimum absolute atomic E-state index is 0. The molecule has 2 aromatic rings. The Morgan fingerprint density at radius 2 is 1.86 bits per heavy atom. The van der Waals surface area contributed by atoms with E-state index in [2.05, 4.69) is 5.32 Å². The fourth-order valence-electron chi connectivity index (χ4n) is 2.65. The van der Waals surface area contributed by atoms with Gasteiger partial charge in [-0.1, -0.05) is 23.7 Å². The zero-order valence-corrected chi connectivity index (χ0v) is 14.7. The highest BCUT2D eigenvalue weighted by Crippen LogP contribution is 2.24. The van der Waals surface area contributed by atoms with Crippen LogP contribution in [0.2, 0.25) is 5.02 Å². The van der Waals surface area contributed by atoms with E-state index in [-0.39, 0.29) is 28.8 Å². The van der Waals surface area contributed by atoms with Crippen molar-refractivity contribution in [2.75, 3.05) is 12.3 Å². The second kappa shape index (κ2) is 6.65. The first-order chi connectivity index (χ1) is 9.54. The van der Waals surface area contributed by atoms with Gasteiger partial charge in [-0.25, -0.2) is 8.42 Å². The maximum atomic E-state index is 12.4. The van der Waals surface area contributed by atoms with Crippen molar-refractivity contribution in [2.45, 2.75) is 23.8 Å². The highest BCUT2D eigenvalue weighted by molar-refractivity contribution is 8.93. The number of sulfone groups is 1. The number of benzene rings is 2. The molecular weight excluding hydrogens is 374 g/mol. The van der Waals surface area contributed by atoms with Gasteiger partial charge in [-0.2, -0.15) is 0 Å². The zero-order valence-electron chi connectivity index (χ0n) is 11.4. The summed E-state index contributed by atoms with van der Waals surface area (Å²) in [5.41, 5.74) is 0. The first-order valence-electron chi connectivity index (χ1n) is 6.70. The van der Waals surface area contributed by atoms with Gasteiger partial charge in [0, 0.05) is 11.1 Å². The minimum atomic E-state index is -3.24. The largest absolute Gasteiger partial charge is 0.313 e. The molecule has 1 N–H and O–H groups in total. The zero-order chi connectivity index (χ0) is 14.2. The summed E-state index contributed by atoms with van der Waals surface area (Å²) in [5.74, 6) is 0.173. The van der Waals surface area contributed by atoms with Crippen LogP contribution in [0.15, 0.2) is 41.3 Å². The third-order valence-electron chi connectivity index (χ3n) is 3.72. The molecule has 1 unspecified atom stereocenters. The average molecular weight is 391 g/mol. The summed E-state index contributed by atoms with van der Waals surface area (Å²) in [4.78, 5) is 0.390. The fraction of sp³-hybridized carbons (Fsp3) is 0.333. The van der Waals surface area contributed by atoms with Gasteiger partial charge in [0.15, 0.2) is 9.84 Å². The summed E-state index contributed by atoms with van der Waals surface area (Å²) in [7, 11) is -3.24. The van der Waals surface area contributed by atoms with E-state index in [9.17, 15) is 8.42 Å². The second-order valence-corrected chi connectivity index (χ2v) is 7.70. The molecule has 1 heterocycles. The predicted molar refractivity (Wildman–Crippen MR) is 92.4 cm³/mol. The molecule has 3 rings (SSSR count). The van der Waals surface area contributed by atoms with Crippen LogP contribution >= 0.6 is 28.6 Å². The van der Waals surface area contributed by atoms with Gasteiger partial charge < -0.3 is 5.32 Å². The Morgan fingerprint density at radius 1 is 1.14 bits per heavy atom. The highest BCUT2D eigenvalue weighted by Gasteiger charge is 2.23. The van der Waals surface area contributed by atoms with Crippen molar-refractivity contribution in [3.8, 4) is 0 Å². The summed E-state index contributed by atoms with van der Waals surface area (Å²) < 4.78 is 24.9. The Kier molecular flexibility index (Phi) is 5.30. The van der Waals surface area contributed by atoms with Crippen LogP contribution in [-0.4, -0.2) is 26.8 Å². The number of hydrogen-bond donors (Lipinski definition) is 1. The molecule has 2 aromatic carbocycles. The normalized spacial score (nSPS) is 18.6. The first kappa shape index (κ1) is 16.7. The Hall–Kier alpha value is -0.620. The van der Waals surface area contributed by atoms with E-state index >= 15 is 0 Å². The molecular formula is C15H17BrClNO2S. The molecule has 1 aliphatic rings. The summed E-state index contributed by atoms with van der Waals surface area (Å²) >= 11 is 5.94. The average Bonchev–Trinajstić information content (AvgIpc) is 2.90. The monoisotopic (exact) mass is 389 g/mol. The lowest BCUT2D eigenvalue weighted by atomic mass is 10.1. The van der Waals surface area contributed by atoms with Crippen LogP contribution in [0.3, 0.4) is 0 Å². The molecule has 0 aliphatic carbocycles. The van der Waals surface area contributed by atoms with E-state index < -0.39 is 9.84 Å². The number of hydrogen-bond acceptors (Lipinski definition) is 3. The van der Waals surface area contributed by atoms with E-state index in [0.29, 0.717) is 9.92 Å². The van der Waals surface area contributed by atoms with Crippen LogP contribution in [0.1, 0.15) is 12.8 Å². The maximum Gasteiger partial charge on any atom is 0.179 e. The second-order valence-electron chi connectivity index (χ2n) is 5.23. The first-order valence-corrected chi connectivity index (χ1v) is 8.73. The Bertz CT molecular complexity index is 742. The smallest absolute Gasteiger partial charge is 0.179 e. The summed E-state index contributed by atoms with van der Waals surface area (Å²) in [5, 5.41) is 5.74. The summed E-state index contributed by atoms with van der Waals surface area (Å²) in [6.45, 7) is 0.913. The highest BCUT2D eigenvalue weighted by atomic mass is 79.9. The van der Waals surface area contributed by atoms with Crippen molar-refractivity contribution in [1.82, 2.24) is 5.32 Å². The molecule has 0 saturated carbocycles. The van der Waals surface area contributed by atoms with Crippen LogP contribution in [0.25, 0.3) is 10.8 Å². The topological polar surface area (TPSA) is 46.2 Å². The molecule has 1 atom stereocenters. The van der Waals surface area contributed by atoms with Gasteiger partial charge in [0.2, 0.25) is 0 Å². The van der Waals surface area contributed by atoms with Crippen molar-refractivity contribution < 1.29 is 8.42 Å². The Balaban J connectivity index is 0.00000161. The van der Waals surface area contributed by atoms with Crippen molar-refractivity contribution in [2.24, 2.45) is 0 Å². The standard InChI is InChI=1S/C15H16ClNO2S.BrH/c16-13-5-3-12-9-15(6-4-11(12)8-13)20(18,19)10-14-2-1-7-17-14;/h3-6,8-9,14,17H,1-2,7,10H2;1H. The Morgan fingerprint density at radius 3 is 2.57 bits per heavy atom. The molecule has 1 aliphatic heterocycles. The van der Waals surface area contributed by atoms with Gasteiger partial charge in [-0.3, -0.25) is 0 Å². The molecule has 0 spiro atoms. The molecule has 3 nitrogen and oxygen atoms in total. The molecule has 0 bridgehead atoms. The van der Waals surface area contributed by atoms with E-state index in [1.54, 1.807) is 18.2 Å². The molecule has 21 heavy (non-hydrogen) atoms. The van der Waals surface area contributed by atoms with E-state index in [4.69, 9.17) is 11.6 Å². The molecule has 0 amide bonds. The van der Waals surface area contributed by atoms with Crippen molar-refractivity contribution in [3.05, 3.63) is 41.4 Å². The third kappa shape index (κ3) is 3.77. The van der Waals surface area contributed by atoms with Gasteiger partial charge >= 0.3 is 0 Å². The minimum Gasteiger partial charge on any atom is -0.313 e. The SMILES string of the molecule is Br.O=S(=O)(CC1CCCN1)c1ccc2cc(Cl)ccc2c1. The van der Waals surface area contributed by atoms with Gasteiger partial charge in [0.25, 0.3) is 0 Å². The van der Waals surface area contributed by atoms with Gasteiger partial charge in [-0.15, -0.1) is 17.0 Å². The van der Waals surface area contributed by atoms with Crippen molar-refractivity contribution in [1.29, 1.82) is 0 Å². The molecule has 0 radical (unpaired) electrons. The lowest BCUT2D eigenvalue weighted by Gasteiger charge is -2.11. The summed E-state index contributed by atoms with van der Waals surface area (Å²) in [6, 6.07) is 10.8. The van der Waals surface area contributed by atoms with Crippen LogP contribution in [-0.2, 0) is 9.84 Å². The lowest BCUT2D eigenvalue weighted by Crippen LogP contribution is -2.29. The van der Waals surface area contributed by atoms with Crippen LogP contribution in [0.5, 0.6) is 0 Å². The number of halogens is 2. The molecule has 0 aromatic heterocycles. The number of fused-ring (bicyclic) bond motifs is 1. The van der Waals surface area contributed by atoms with Crippen LogP contribution in [0.4, 0.5) is 0 Å². The van der Waals surface area contributed by atoms with Gasteiger partial charge in [0.05, 0.1) is 10.6 Å². The van der Waals surface area contributed by atoms with E-state index in [1.165, 1.54) is 0 Å². The van der Waals surface area contributed by atoms with Crippen LogP contribution in [0, 0.1) is 0 Å². The Labute approximate surface area is 140 Å². The van der Waals surface area contributed by atoms with Crippen molar-refractivity contribution in [3.63, 3.8) is 0 Å². The molecule has 6 heteroatoms. The van der Waals surface area contributed by atoms with Crippen molar-refractivity contribution >= 4 is 49.2 Å². The van der Waals surface area contributed by atoms with Crippen LogP contribution < -0.4 is 5.32 Å². The quantitative estimate of drug-likeness (QED) is 0.871.